The third-order valence-electron chi connectivity index (χ3n) is 0.754. The van der Waals surface area contributed by atoms with Crippen LogP contribution in [0, 0.1) is 0 Å². The largest absolute Gasteiger partial charge is 0.357 e. The molecule has 46 valence electrons. The molecule has 1 rings (SSSR count). The predicted molar refractivity (Wildman–Crippen MR) is 33.8 cm³/mol. The predicted octanol–water partition coefficient (Wildman–Crippen LogP) is -0.156. The average molecular weight is 113 g/mol. The normalized spacial score (nSPS) is 7.38. The number of rotatable bonds is 0. The zero-order valence-electron chi connectivity index (χ0n) is 4.91. The Bertz CT molecular complexity index is 111. The van der Waals surface area contributed by atoms with Crippen molar-refractivity contribution in [3.05, 3.63) is 24.5 Å². The first-order chi connectivity index (χ1) is 3.89. The molecule has 0 amide bonds. The van der Waals surface area contributed by atoms with Gasteiger partial charge in [-0.05, 0) is 12.1 Å². The number of aryl methyl sites for hydroxylation is 1. The number of aromatic nitrogens is 1. The lowest BCUT2D eigenvalue weighted by Gasteiger charge is -1.79. The van der Waals surface area contributed by atoms with Gasteiger partial charge in [-0.1, -0.05) is 0 Å². The molecular weight excluding hydrogens is 102 g/mol. The summed E-state index contributed by atoms with van der Waals surface area (Å²) in [7, 11) is 2.00. The molecule has 0 atom stereocenters. The average Bonchev–Trinajstić information content (AvgIpc) is 2.24. The van der Waals surface area contributed by atoms with Crippen LogP contribution >= 0.6 is 0 Å². The second-order valence-electron chi connectivity index (χ2n) is 1.35. The van der Waals surface area contributed by atoms with E-state index in [2.05, 4.69) is 11.7 Å². The van der Waals surface area contributed by atoms with Gasteiger partial charge >= 0.3 is 0 Å². The summed E-state index contributed by atoms with van der Waals surface area (Å²) >= 11 is 0. The molecule has 0 aromatic carbocycles. The standard InChI is InChI=1S/C5H7N.H4N2/c1-6-4-2-3-5-6;1-2/h2-5H,1H3;1-2H2. The van der Waals surface area contributed by atoms with E-state index >= 15 is 0 Å². The summed E-state index contributed by atoms with van der Waals surface area (Å²) in [5.74, 6) is 8.00. The van der Waals surface area contributed by atoms with Crippen molar-refractivity contribution < 1.29 is 0 Å². The molecule has 0 spiro atoms. The minimum absolute atomic E-state index is 2.00. The van der Waals surface area contributed by atoms with Crippen LogP contribution in [-0.2, 0) is 7.05 Å². The molecule has 0 fully saturated rings. The minimum Gasteiger partial charge on any atom is -0.357 e. The smallest absolute Gasteiger partial charge is 0.0106 e. The summed E-state index contributed by atoms with van der Waals surface area (Å²) in [5, 5.41) is 0. The van der Waals surface area contributed by atoms with Crippen molar-refractivity contribution in [3.8, 4) is 0 Å². The summed E-state index contributed by atoms with van der Waals surface area (Å²) in [5.41, 5.74) is 0. The van der Waals surface area contributed by atoms with Crippen LogP contribution in [-0.4, -0.2) is 4.57 Å². The van der Waals surface area contributed by atoms with Crippen molar-refractivity contribution in [2.24, 2.45) is 18.7 Å². The van der Waals surface area contributed by atoms with Crippen LogP contribution in [0.4, 0.5) is 0 Å². The molecule has 0 aliphatic carbocycles. The number of nitrogens with zero attached hydrogens (tertiary/aromatic N) is 1. The molecule has 0 saturated heterocycles. The van der Waals surface area contributed by atoms with Gasteiger partial charge in [-0.25, -0.2) is 0 Å². The van der Waals surface area contributed by atoms with Gasteiger partial charge in [0.05, 0.1) is 0 Å². The van der Waals surface area contributed by atoms with Crippen molar-refractivity contribution in [1.82, 2.24) is 4.57 Å². The summed E-state index contributed by atoms with van der Waals surface area (Å²) in [6.45, 7) is 0. The van der Waals surface area contributed by atoms with Gasteiger partial charge in [-0.3, -0.25) is 11.7 Å². The molecule has 0 bridgehead atoms. The van der Waals surface area contributed by atoms with E-state index in [-0.39, 0.29) is 0 Å². The molecule has 0 saturated carbocycles. The fraction of sp³-hybridized carbons (Fsp3) is 0.200. The lowest BCUT2D eigenvalue weighted by molar-refractivity contribution is 0.928. The van der Waals surface area contributed by atoms with Crippen molar-refractivity contribution >= 4 is 0 Å². The fourth-order valence-corrected chi connectivity index (χ4v) is 0.421. The van der Waals surface area contributed by atoms with E-state index in [9.17, 15) is 0 Å². The van der Waals surface area contributed by atoms with Gasteiger partial charge in [-0.2, -0.15) is 0 Å². The van der Waals surface area contributed by atoms with Gasteiger partial charge < -0.3 is 4.57 Å². The first-order valence-electron chi connectivity index (χ1n) is 2.30. The monoisotopic (exact) mass is 113 g/mol. The maximum Gasteiger partial charge on any atom is 0.0106 e. The van der Waals surface area contributed by atoms with Crippen molar-refractivity contribution in [3.63, 3.8) is 0 Å². The Labute approximate surface area is 48.9 Å². The summed E-state index contributed by atoms with van der Waals surface area (Å²) < 4.78 is 2.00. The Kier molecular flexibility index (Phi) is 3.93. The Morgan fingerprint density at radius 1 is 1.12 bits per heavy atom. The topological polar surface area (TPSA) is 57.0 Å². The van der Waals surface area contributed by atoms with Crippen molar-refractivity contribution in [2.75, 3.05) is 0 Å². The number of hydrogen-bond donors (Lipinski definition) is 2. The molecular formula is C5H11N3. The summed E-state index contributed by atoms with van der Waals surface area (Å²) in [6, 6.07) is 4.00. The van der Waals surface area contributed by atoms with Gasteiger partial charge in [0.2, 0.25) is 0 Å². The molecule has 1 heterocycles. The molecule has 8 heavy (non-hydrogen) atoms. The molecule has 3 heteroatoms. The van der Waals surface area contributed by atoms with Crippen LogP contribution in [0.15, 0.2) is 24.5 Å². The van der Waals surface area contributed by atoms with E-state index in [0.29, 0.717) is 0 Å². The SMILES string of the molecule is Cn1cccc1.NN. The van der Waals surface area contributed by atoms with Crippen LogP contribution in [0.25, 0.3) is 0 Å². The van der Waals surface area contributed by atoms with Crippen molar-refractivity contribution in [1.29, 1.82) is 0 Å². The van der Waals surface area contributed by atoms with E-state index in [1.807, 2.05) is 36.1 Å². The molecule has 0 aliphatic rings. The summed E-state index contributed by atoms with van der Waals surface area (Å²) in [4.78, 5) is 0. The van der Waals surface area contributed by atoms with Crippen LogP contribution in [0.3, 0.4) is 0 Å². The Hall–Kier alpha value is -0.800. The van der Waals surface area contributed by atoms with E-state index < -0.39 is 0 Å². The number of nitrogens with two attached hydrogens (primary N) is 2. The highest BCUT2D eigenvalue weighted by Gasteiger charge is 1.68. The third kappa shape index (κ3) is 2.39. The lowest BCUT2D eigenvalue weighted by atomic mass is 10.7. The summed E-state index contributed by atoms with van der Waals surface area (Å²) in [6.07, 6.45) is 4.00. The highest BCUT2D eigenvalue weighted by atomic mass is 15.0. The molecule has 3 nitrogen and oxygen atoms in total. The van der Waals surface area contributed by atoms with Crippen LogP contribution in [0.1, 0.15) is 0 Å². The Morgan fingerprint density at radius 2 is 1.50 bits per heavy atom. The zero-order valence-corrected chi connectivity index (χ0v) is 4.91. The molecule has 0 aliphatic heterocycles. The Morgan fingerprint density at radius 3 is 1.62 bits per heavy atom. The first kappa shape index (κ1) is 7.20. The second kappa shape index (κ2) is 4.36. The number of hydrazine groups is 1. The van der Waals surface area contributed by atoms with E-state index in [1.54, 1.807) is 0 Å². The fourth-order valence-electron chi connectivity index (χ4n) is 0.421. The lowest BCUT2D eigenvalue weighted by Crippen LogP contribution is -2.02. The van der Waals surface area contributed by atoms with Gasteiger partial charge in [0, 0.05) is 19.4 Å². The van der Waals surface area contributed by atoms with Crippen molar-refractivity contribution in [2.45, 2.75) is 0 Å². The zero-order chi connectivity index (χ0) is 6.41. The number of hydrogen-bond acceptors (Lipinski definition) is 2. The molecule has 0 radical (unpaired) electrons. The van der Waals surface area contributed by atoms with Crippen LogP contribution in [0.5, 0.6) is 0 Å². The molecule has 0 unspecified atom stereocenters. The van der Waals surface area contributed by atoms with E-state index in [1.165, 1.54) is 0 Å². The highest BCUT2D eigenvalue weighted by Crippen LogP contribution is 1.80. The highest BCUT2D eigenvalue weighted by molar-refractivity contribution is 4.88. The maximum absolute atomic E-state index is 4.00. The second-order valence-corrected chi connectivity index (χ2v) is 1.35. The van der Waals surface area contributed by atoms with Crippen LogP contribution < -0.4 is 11.7 Å². The quantitative estimate of drug-likeness (QED) is 0.363. The van der Waals surface area contributed by atoms with Gasteiger partial charge in [0.15, 0.2) is 0 Å². The molecule has 4 N–H and O–H groups in total. The van der Waals surface area contributed by atoms with Gasteiger partial charge in [-0.15, -0.1) is 0 Å². The van der Waals surface area contributed by atoms with Gasteiger partial charge in [0.25, 0.3) is 0 Å². The van der Waals surface area contributed by atoms with Crippen LogP contribution in [0.2, 0.25) is 0 Å². The first-order valence-corrected chi connectivity index (χ1v) is 2.30. The van der Waals surface area contributed by atoms with E-state index in [4.69, 9.17) is 0 Å². The minimum atomic E-state index is 2.00. The Balaban J connectivity index is 0.000000222. The van der Waals surface area contributed by atoms with E-state index in [0.717, 1.165) is 0 Å². The molecule has 1 aromatic heterocycles. The third-order valence-corrected chi connectivity index (χ3v) is 0.754. The molecule has 1 aromatic rings. The van der Waals surface area contributed by atoms with Gasteiger partial charge in [0.1, 0.15) is 0 Å². The maximum atomic E-state index is 4.00.